The fourth-order valence-corrected chi connectivity index (χ4v) is 3.74. The number of imidazole rings is 1. The van der Waals surface area contributed by atoms with Crippen LogP contribution in [0.25, 0.3) is 11.0 Å². The van der Waals surface area contributed by atoms with Crippen molar-refractivity contribution < 1.29 is 9.53 Å². The Morgan fingerprint density at radius 1 is 1.15 bits per heavy atom. The molecule has 0 saturated carbocycles. The lowest BCUT2D eigenvalue weighted by atomic mass is 10.0. The minimum atomic E-state index is 0.0794. The Bertz CT molecular complexity index is 912. The lowest BCUT2D eigenvalue weighted by Crippen LogP contribution is -2.40. The Kier molecular flexibility index (Phi) is 5.21. The zero-order valence-electron chi connectivity index (χ0n) is 15.7. The number of hydrogen-bond acceptors (Lipinski definition) is 3. The van der Waals surface area contributed by atoms with Crippen molar-refractivity contribution in [3.05, 3.63) is 66.0 Å². The maximum atomic E-state index is 12.4. The zero-order valence-corrected chi connectivity index (χ0v) is 15.7. The summed E-state index contributed by atoms with van der Waals surface area (Å²) in [4.78, 5) is 18.9. The highest BCUT2D eigenvalue weighted by Crippen LogP contribution is 2.27. The van der Waals surface area contributed by atoms with Gasteiger partial charge < -0.3 is 14.2 Å². The molecular formula is C22H25N3O2. The quantitative estimate of drug-likeness (QED) is 0.694. The van der Waals surface area contributed by atoms with Crippen LogP contribution in [0.2, 0.25) is 0 Å². The van der Waals surface area contributed by atoms with E-state index in [1.54, 1.807) is 0 Å². The molecule has 0 N–H and O–H groups in total. The number of rotatable bonds is 5. The maximum Gasteiger partial charge on any atom is 0.248 e. The zero-order chi connectivity index (χ0) is 18.6. The maximum absolute atomic E-state index is 12.4. The van der Waals surface area contributed by atoms with Crippen molar-refractivity contribution >= 4 is 16.9 Å². The molecule has 5 heteroatoms. The molecule has 2 heterocycles. The van der Waals surface area contributed by atoms with Gasteiger partial charge in [0, 0.05) is 19.1 Å². The van der Waals surface area contributed by atoms with Gasteiger partial charge >= 0.3 is 0 Å². The second kappa shape index (κ2) is 7.92. The van der Waals surface area contributed by atoms with Crippen molar-refractivity contribution in [3.8, 4) is 0 Å². The van der Waals surface area contributed by atoms with Crippen LogP contribution in [0, 0.1) is 6.92 Å². The first-order valence-electron chi connectivity index (χ1n) is 9.53. The Morgan fingerprint density at radius 3 is 2.70 bits per heavy atom. The fourth-order valence-electron chi connectivity index (χ4n) is 3.74. The molecule has 4 rings (SSSR count). The number of ether oxygens (including phenoxy) is 1. The van der Waals surface area contributed by atoms with Crippen LogP contribution in [0.15, 0.2) is 54.9 Å². The molecular weight excluding hydrogens is 338 g/mol. The monoisotopic (exact) mass is 363 g/mol. The molecule has 1 aliphatic rings. The number of amides is 1. The molecule has 140 valence electrons. The van der Waals surface area contributed by atoms with Crippen LogP contribution in [-0.2, 0) is 16.1 Å². The van der Waals surface area contributed by atoms with E-state index in [1.165, 1.54) is 11.1 Å². The van der Waals surface area contributed by atoms with Gasteiger partial charge in [-0.2, -0.15) is 0 Å². The van der Waals surface area contributed by atoms with Gasteiger partial charge in [0.05, 0.1) is 24.0 Å². The Hall–Kier alpha value is -2.66. The second-order valence-corrected chi connectivity index (χ2v) is 7.23. The van der Waals surface area contributed by atoms with E-state index < -0.39 is 0 Å². The van der Waals surface area contributed by atoms with E-state index in [0.29, 0.717) is 12.6 Å². The number of aryl methyl sites for hydroxylation is 1. The van der Waals surface area contributed by atoms with Gasteiger partial charge in [-0.3, -0.25) is 4.79 Å². The van der Waals surface area contributed by atoms with E-state index in [4.69, 9.17) is 4.74 Å². The molecule has 5 nitrogen and oxygen atoms in total. The minimum Gasteiger partial charge on any atom is -0.367 e. The molecule has 3 aromatic rings. The summed E-state index contributed by atoms with van der Waals surface area (Å²) < 4.78 is 7.87. The van der Waals surface area contributed by atoms with Crippen LogP contribution in [0.3, 0.4) is 0 Å². The van der Waals surface area contributed by atoms with Gasteiger partial charge in [-0.15, -0.1) is 0 Å². The predicted molar refractivity (Wildman–Crippen MR) is 105 cm³/mol. The number of hydrogen-bond donors (Lipinski definition) is 0. The summed E-state index contributed by atoms with van der Waals surface area (Å²) in [5.74, 6) is 0.0794. The summed E-state index contributed by atoms with van der Waals surface area (Å²) >= 11 is 0. The third kappa shape index (κ3) is 4.03. The van der Waals surface area contributed by atoms with Crippen LogP contribution in [0.4, 0.5) is 0 Å². The number of likely N-dealkylation sites (tertiary alicyclic amines) is 1. The van der Waals surface area contributed by atoms with Crippen molar-refractivity contribution in [2.75, 3.05) is 19.7 Å². The first kappa shape index (κ1) is 17.7. The number of nitrogens with zero attached hydrogens (tertiary/aromatic N) is 3. The third-order valence-corrected chi connectivity index (χ3v) is 5.28. The molecule has 0 radical (unpaired) electrons. The smallest absolute Gasteiger partial charge is 0.248 e. The average molecular weight is 363 g/mol. The molecule has 27 heavy (non-hydrogen) atoms. The molecule has 1 aliphatic heterocycles. The number of benzene rings is 2. The molecule has 2 aromatic carbocycles. The standard InChI is InChI=1S/C22H25N3O2/c1-17-7-8-20-21(13-17)25(16-23-20)19-9-11-24(12-10-19)22(26)15-27-14-18-5-3-2-4-6-18/h2-8,13,16,19H,9-12,14-15H2,1H3. The van der Waals surface area contributed by atoms with Crippen LogP contribution >= 0.6 is 0 Å². The predicted octanol–water partition coefficient (Wildman–Crippen LogP) is 3.73. The van der Waals surface area contributed by atoms with Crippen molar-refractivity contribution in [1.29, 1.82) is 0 Å². The third-order valence-electron chi connectivity index (χ3n) is 5.28. The SMILES string of the molecule is Cc1ccc2ncn(C3CCN(C(=O)COCc4ccccc4)CC3)c2c1. The highest BCUT2D eigenvalue weighted by atomic mass is 16.5. The molecule has 0 spiro atoms. The van der Waals surface area contributed by atoms with Crippen LogP contribution in [-0.4, -0.2) is 40.1 Å². The van der Waals surface area contributed by atoms with Gasteiger partial charge in [0.1, 0.15) is 6.61 Å². The van der Waals surface area contributed by atoms with Crippen molar-refractivity contribution in [2.45, 2.75) is 32.4 Å². The molecule has 0 bridgehead atoms. The molecule has 1 aromatic heterocycles. The van der Waals surface area contributed by atoms with Gasteiger partial charge in [0.15, 0.2) is 0 Å². The summed E-state index contributed by atoms with van der Waals surface area (Å²) in [6.45, 7) is 4.26. The fraction of sp³-hybridized carbons (Fsp3) is 0.364. The van der Waals surface area contributed by atoms with Crippen molar-refractivity contribution in [2.24, 2.45) is 0 Å². The number of carbonyl (C=O) groups excluding carboxylic acids is 1. The molecule has 0 unspecified atom stereocenters. The number of piperidine rings is 1. The molecule has 1 fully saturated rings. The highest BCUT2D eigenvalue weighted by molar-refractivity contribution is 5.78. The number of fused-ring (bicyclic) bond motifs is 1. The normalized spacial score (nSPS) is 15.4. The van der Waals surface area contributed by atoms with Gasteiger partial charge in [0.2, 0.25) is 5.91 Å². The van der Waals surface area contributed by atoms with Gasteiger partial charge in [0.25, 0.3) is 0 Å². The van der Waals surface area contributed by atoms with E-state index in [9.17, 15) is 4.79 Å². The first-order chi connectivity index (χ1) is 13.2. The molecule has 0 aliphatic carbocycles. The van der Waals surface area contributed by atoms with Crippen molar-refractivity contribution in [3.63, 3.8) is 0 Å². The van der Waals surface area contributed by atoms with E-state index in [0.717, 1.165) is 37.0 Å². The summed E-state index contributed by atoms with van der Waals surface area (Å²) in [5.41, 5.74) is 4.55. The highest BCUT2D eigenvalue weighted by Gasteiger charge is 2.24. The average Bonchev–Trinajstić information content (AvgIpc) is 3.12. The molecule has 1 saturated heterocycles. The van der Waals surface area contributed by atoms with E-state index in [1.807, 2.05) is 41.6 Å². The van der Waals surface area contributed by atoms with E-state index in [-0.39, 0.29) is 12.5 Å². The number of carbonyl (C=O) groups is 1. The second-order valence-electron chi connectivity index (χ2n) is 7.23. The van der Waals surface area contributed by atoms with Crippen LogP contribution < -0.4 is 0 Å². The summed E-state index contributed by atoms with van der Waals surface area (Å²) in [6, 6.07) is 16.7. The molecule has 1 amide bonds. The summed E-state index contributed by atoms with van der Waals surface area (Å²) in [5, 5.41) is 0. The van der Waals surface area contributed by atoms with Crippen LogP contribution in [0.1, 0.15) is 30.0 Å². The van der Waals surface area contributed by atoms with Crippen molar-refractivity contribution in [1.82, 2.24) is 14.5 Å². The van der Waals surface area contributed by atoms with E-state index in [2.05, 4.69) is 34.7 Å². The summed E-state index contributed by atoms with van der Waals surface area (Å²) in [7, 11) is 0. The molecule has 0 atom stereocenters. The largest absolute Gasteiger partial charge is 0.367 e. The lowest BCUT2D eigenvalue weighted by molar-refractivity contribution is -0.137. The Labute approximate surface area is 159 Å². The van der Waals surface area contributed by atoms with Gasteiger partial charge in [-0.05, 0) is 43.0 Å². The van der Waals surface area contributed by atoms with E-state index >= 15 is 0 Å². The van der Waals surface area contributed by atoms with Gasteiger partial charge in [-0.25, -0.2) is 4.98 Å². The summed E-state index contributed by atoms with van der Waals surface area (Å²) in [6.07, 6.45) is 3.84. The first-order valence-corrected chi connectivity index (χ1v) is 9.53. The Morgan fingerprint density at radius 2 is 1.93 bits per heavy atom. The number of aromatic nitrogens is 2. The minimum absolute atomic E-state index is 0.0794. The topological polar surface area (TPSA) is 47.4 Å². The lowest BCUT2D eigenvalue weighted by Gasteiger charge is -2.33. The van der Waals surface area contributed by atoms with Gasteiger partial charge in [-0.1, -0.05) is 36.4 Å². The Balaban J connectivity index is 1.30. The van der Waals surface area contributed by atoms with Crippen LogP contribution in [0.5, 0.6) is 0 Å².